The number of hydrogen-bond acceptors (Lipinski definition) is 6. The van der Waals surface area contributed by atoms with Crippen molar-refractivity contribution in [3.63, 3.8) is 0 Å². The highest BCUT2D eigenvalue weighted by Gasteiger charge is 2.18. The number of carbonyl (C=O) groups is 2. The summed E-state index contributed by atoms with van der Waals surface area (Å²) in [5.74, 6) is 2.35. The molecule has 2 rings (SSSR count). The molecule has 7 heteroatoms. The van der Waals surface area contributed by atoms with Crippen molar-refractivity contribution in [3.8, 4) is 17.2 Å². The van der Waals surface area contributed by atoms with Crippen molar-refractivity contribution < 1.29 is 23.8 Å². The lowest BCUT2D eigenvalue weighted by atomic mass is 10.1. The summed E-state index contributed by atoms with van der Waals surface area (Å²) in [7, 11) is 1.58. The second-order valence-electron chi connectivity index (χ2n) is 9.40. The maximum absolute atomic E-state index is 12.7. The molecule has 0 aliphatic heterocycles. The highest BCUT2D eigenvalue weighted by atomic mass is 32.2. The first-order valence-electron chi connectivity index (χ1n) is 11.6. The molecule has 186 valence electrons. The molecular formula is C27H37NO5S. The number of thioether (sulfide) groups is 1. The van der Waals surface area contributed by atoms with Crippen LogP contribution in [0.25, 0.3) is 0 Å². The summed E-state index contributed by atoms with van der Waals surface area (Å²) in [5, 5.41) is 2.97. The Bertz CT molecular complexity index is 981. The molecule has 1 N–H and O–H groups in total. The van der Waals surface area contributed by atoms with Gasteiger partial charge in [-0.3, -0.25) is 9.59 Å². The molecular weight excluding hydrogens is 450 g/mol. The minimum atomic E-state index is -0.294. The van der Waals surface area contributed by atoms with Crippen molar-refractivity contribution in [2.24, 2.45) is 5.92 Å². The number of esters is 1. The second-order valence-corrected chi connectivity index (χ2v) is 11.2. The van der Waals surface area contributed by atoms with E-state index >= 15 is 0 Å². The number of ether oxygens (including phenoxy) is 3. The van der Waals surface area contributed by atoms with Crippen molar-refractivity contribution >= 4 is 23.6 Å². The van der Waals surface area contributed by atoms with E-state index in [-0.39, 0.29) is 23.0 Å². The predicted octanol–water partition coefficient (Wildman–Crippen LogP) is 6.01. The standard InChI is InChI=1S/C27H37NO5S/c1-8-32-25(29)14-19-9-11-23(31-7)24(13-19)33-22-12-10-20(26(30)28-16-18(2)3)15-21(22)17-34-27(4,5)6/h9-13,15,18H,8,14,16-17H2,1-7H3,(H,28,30). The quantitative estimate of drug-likeness (QED) is 0.391. The van der Waals surface area contributed by atoms with Gasteiger partial charge < -0.3 is 19.5 Å². The van der Waals surface area contributed by atoms with Gasteiger partial charge in [0.25, 0.3) is 5.91 Å². The number of nitrogens with one attached hydrogen (secondary N) is 1. The van der Waals surface area contributed by atoms with Gasteiger partial charge in [0.2, 0.25) is 0 Å². The molecule has 2 aromatic rings. The van der Waals surface area contributed by atoms with Crippen LogP contribution in [0.3, 0.4) is 0 Å². The van der Waals surface area contributed by atoms with E-state index in [1.165, 1.54) is 0 Å². The summed E-state index contributed by atoms with van der Waals surface area (Å²) in [6, 6.07) is 10.9. The normalized spacial score (nSPS) is 11.3. The SMILES string of the molecule is CCOC(=O)Cc1ccc(OC)c(Oc2ccc(C(=O)NCC(C)C)cc2CSC(C)(C)C)c1. The van der Waals surface area contributed by atoms with E-state index < -0.39 is 0 Å². The Morgan fingerprint density at radius 1 is 1.03 bits per heavy atom. The highest BCUT2D eigenvalue weighted by molar-refractivity contribution is 7.99. The molecule has 0 saturated heterocycles. The van der Waals surface area contributed by atoms with E-state index in [2.05, 4.69) is 39.9 Å². The molecule has 0 unspecified atom stereocenters. The largest absolute Gasteiger partial charge is 0.493 e. The topological polar surface area (TPSA) is 73.9 Å². The smallest absolute Gasteiger partial charge is 0.310 e. The Balaban J connectivity index is 2.36. The molecule has 0 aromatic heterocycles. The van der Waals surface area contributed by atoms with Gasteiger partial charge >= 0.3 is 5.97 Å². The van der Waals surface area contributed by atoms with E-state index in [0.717, 1.165) is 11.1 Å². The third kappa shape index (κ3) is 8.93. The van der Waals surface area contributed by atoms with E-state index in [1.54, 1.807) is 44.0 Å². The Hall–Kier alpha value is -2.67. The zero-order valence-corrected chi connectivity index (χ0v) is 22.1. The van der Waals surface area contributed by atoms with Crippen molar-refractivity contribution in [2.45, 2.75) is 58.5 Å². The molecule has 6 nitrogen and oxygen atoms in total. The molecule has 0 atom stereocenters. The molecule has 0 saturated carbocycles. The number of rotatable bonds is 11. The van der Waals surface area contributed by atoms with E-state index in [4.69, 9.17) is 14.2 Å². The molecule has 0 aliphatic rings. The zero-order chi connectivity index (χ0) is 25.3. The van der Waals surface area contributed by atoms with Gasteiger partial charge in [-0.25, -0.2) is 0 Å². The average Bonchev–Trinajstić information content (AvgIpc) is 2.76. The molecule has 1 amide bonds. The van der Waals surface area contributed by atoms with Gasteiger partial charge in [0.1, 0.15) is 5.75 Å². The summed E-state index contributed by atoms with van der Waals surface area (Å²) < 4.78 is 16.9. The molecule has 0 bridgehead atoms. The van der Waals surface area contributed by atoms with Gasteiger partial charge in [0.05, 0.1) is 20.1 Å². The van der Waals surface area contributed by atoms with Crippen molar-refractivity contribution in [2.75, 3.05) is 20.3 Å². The zero-order valence-electron chi connectivity index (χ0n) is 21.3. The molecule has 0 radical (unpaired) electrons. The molecule has 0 fully saturated rings. The Morgan fingerprint density at radius 2 is 1.74 bits per heavy atom. The van der Waals surface area contributed by atoms with Crippen LogP contribution in [0.1, 0.15) is 63.0 Å². The summed E-state index contributed by atoms with van der Waals surface area (Å²) in [4.78, 5) is 24.6. The molecule has 0 heterocycles. The lowest BCUT2D eigenvalue weighted by molar-refractivity contribution is -0.142. The predicted molar refractivity (Wildman–Crippen MR) is 138 cm³/mol. The van der Waals surface area contributed by atoms with Crippen LogP contribution in [0.2, 0.25) is 0 Å². The molecule has 34 heavy (non-hydrogen) atoms. The van der Waals surface area contributed by atoms with Crippen LogP contribution in [0.5, 0.6) is 17.2 Å². The van der Waals surface area contributed by atoms with Crippen LogP contribution in [0.4, 0.5) is 0 Å². The van der Waals surface area contributed by atoms with E-state index in [9.17, 15) is 9.59 Å². The fraction of sp³-hybridized carbons (Fsp3) is 0.481. The van der Waals surface area contributed by atoms with Gasteiger partial charge in [-0.05, 0) is 48.7 Å². The first kappa shape index (κ1) is 27.6. The first-order valence-corrected chi connectivity index (χ1v) is 12.6. The van der Waals surface area contributed by atoms with E-state index in [1.807, 2.05) is 18.2 Å². The Labute approximate surface area is 207 Å². The third-order valence-electron chi connectivity index (χ3n) is 4.76. The summed E-state index contributed by atoms with van der Waals surface area (Å²) in [5.41, 5.74) is 2.28. The minimum absolute atomic E-state index is 0.0461. The van der Waals surface area contributed by atoms with Crippen LogP contribution in [-0.4, -0.2) is 36.9 Å². The van der Waals surface area contributed by atoms with Crippen LogP contribution < -0.4 is 14.8 Å². The third-order valence-corrected chi connectivity index (χ3v) is 6.08. The monoisotopic (exact) mass is 487 g/mol. The number of benzene rings is 2. The average molecular weight is 488 g/mol. The minimum Gasteiger partial charge on any atom is -0.493 e. The highest BCUT2D eigenvalue weighted by Crippen LogP contribution is 2.37. The molecule has 2 aromatic carbocycles. The summed E-state index contributed by atoms with van der Waals surface area (Å²) in [6.45, 7) is 13.3. The lowest BCUT2D eigenvalue weighted by Crippen LogP contribution is -2.27. The van der Waals surface area contributed by atoms with Crippen LogP contribution in [0, 0.1) is 5.92 Å². The maximum atomic E-state index is 12.7. The van der Waals surface area contributed by atoms with E-state index in [0.29, 0.717) is 47.6 Å². The fourth-order valence-electron chi connectivity index (χ4n) is 3.03. The van der Waals surface area contributed by atoms with Gasteiger partial charge in [0.15, 0.2) is 11.5 Å². The number of amides is 1. The number of carbonyl (C=O) groups excluding carboxylic acids is 2. The van der Waals surface area contributed by atoms with Crippen molar-refractivity contribution in [1.29, 1.82) is 0 Å². The van der Waals surface area contributed by atoms with Crippen LogP contribution in [-0.2, 0) is 21.7 Å². The fourth-order valence-corrected chi connectivity index (χ4v) is 3.85. The lowest BCUT2D eigenvalue weighted by Gasteiger charge is -2.20. The Kier molecular flexibility index (Phi) is 10.3. The maximum Gasteiger partial charge on any atom is 0.310 e. The van der Waals surface area contributed by atoms with Crippen molar-refractivity contribution in [3.05, 3.63) is 53.1 Å². The number of hydrogen-bond donors (Lipinski definition) is 1. The van der Waals surface area contributed by atoms with Gasteiger partial charge in [-0.1, -0.05) is 40.7 Å². The van der Waals surface area contributed by atoms with Gasteiger partial charge in [-0.2, -0.15) is 11.8 Å². The van der Waals surface area contributed by atoms with Crippen LogP contribution >= 0.6 is 11.8 Å². The number of methoxy groups -OCH3 is 1. The summed E-state index contributed by atoms with van der Waals surface area (Å²) in [6.07, 6.45) is 0.149. The summed E-state index contributed by atoms with van der Waals surface area (Å²) >= 11 is 1.77. The molecule has 0 spiro atoms. The van der Waals surface area contributed by atoms with Gasteiger partial charge in [-0.15, -0.1) is 0 Å². The van der Waals surface area contributed by atoms with Gasteiger partial charge in [0, 0.05) is 28.2 Å². The second kappa shape index (κ2) is 12.7. The van der Waals surface area contributed by atoms with Crippen molar-refractivity contribution in [1.82, 2.24) is 5.32 Å². The van der Waals surface area contributed by atoms with Crippen LogP contribution in [0.15, 0.2) is 36.4 Å². The first-order chi connectivity index (χ1) is 16.0. The molecule has 0 aliphatic carbocycles. The Morgan fingerprint density at radius 3 is 2.35 bits per heavy atom.